The highest BCUT2D eigenvalue weighted by Crippen LogP contribution is 2.55. The first-order valence-electron chi connectivity index (χ1n) is 14.9. The maximum atomic E-state index is 8.80. The van der Waals surface area contributed by atoms with Crippen molar-refractivity contribution in [2.45, 2.75) is 5.92 Å². The van der Waals surface area contributed by atoms with Crippen molar-refractivity contribution in [1.82, 2.24) is 0 Å². The van der Waals surface area contributed by atoms with Gasteiger partial charge in [0.15, 0.2) is 0 Å². The molecular weight excluding hydrogens is 834 g/mol. The van der Waals surface area contributed by atoms with Gasteiger partial charge in [-0.05, 0) is 140 Å². The molecule has 1 unspecified atom stereocenters. The van der Waals surface area contributed by atoms with E-state index in [1.807, 2.05) is 12.1 Å². The molecule has 0 fully saturated rings. The van der Waals surface area contributed by atoms with Gasteiger partial charge in [-0.1, -0.05) is 24.3 Å². The lowest BCUT2D eigenvalue weighted by atomic mass is 9.78. The number of phenolic OH excluding ortho intramolecular Hbond substituents is 1. The fourth-order valence-corrected chi connectivity index (χ4v) is 7.77. The van der Waals surface area contributed by atoms with E-state index >= 15 is 0 Å². The van der Waals surface area contributed by atoms with Crippen molar-refractivity contribution in [3.8, 4) is 40.2 Å². The minimum Gasteiger partial charge on any atom is -0.508 e. The molecule has 0 aromatic heterocycles. The summed E-state index contributed by atoms with van der Waals surface area (Å²) in [6, 6.07) is 31.7. The van der Waals surface area contributed by atoms with Crippen LogP contribution in [0.1, 0.15) is 22.6 Å². The Morgan fingerprint density at radius 3 is 1.67 bits per heavy atom. The molecule has 1 aliphatic rings. The number of hydrogen-bond acceptors (Lipinski definition) is 7. The number of aromatic hydroxyl groups is 1. The van der Waals surface area contributed by atoms with Gasteiger partial charge in [0, 0.05) is 40.4 Å². The van der Waals surface area contributed by atoms with Gasteiger partial charge in [0.1, 0.15) is 40.2 Å². The van der Waals surface area contributed by atoms with Gasteiger partial charge in [0.2, 0.25) is 0 Å². The Morgan fingerprint density at radius 2 is 1.10 bits per heavy atom. The number of benzene rings is 6. The van der Waals surface area contributed by atoms with Crippen LogP contribution in [0.4, 0.5) is 0 Å². The average Bonchev–Trinajstić information content (AvgIpc) is 3.11. The normalized spacial score (nSPS) is 12.7. The molecule has 1 aliphatic heterocycles. The molecule has 0 saturated carbocycles. The molecule has 6 aromatic rings. The fraction of sp³-hybridized carbons (Fsp3) is 0.179. The second-order valence-corrected chi connectivity index (χ2v) is 13.2. The molecule has 0 aliphatic carbocycles. The number of halogens is 2. The first-order valence-corrected chi connectivity index (χ1v) is 17.1. The van der Waals surface area contributed by atoms with Crippen molar-refractivity contribution in [1.29, 1.82) is 0 Å². The van der Waals surface area contributed by atoms with Gasteiger partial charge in [0.05, 0.1) is 32.0 Å². The van der Waals surface area contributed by atoms with Crippen LogP contribution in [0.3, 0.4) is 0 Å². The monoisotopic (exact) mass is 870 g/mol. The van der Waals surface area contributed by atoms with Crippen LogP contribution in [0.2, 0.25) is 0 Å². The second kappa shape index (κ2) is 16.0. The van der Waals surface area contributed by atoms with E-state index in [-0.39, 0.29) is 11.7 Å². The van der Waals surface area contributed by atoms with Crippen molar-refractivity contribution >= 4 is 66.7 Å². The summed E-state index contributed by atoms with van der Waals surface area (Å²) in [7, 11) is 9.97. The first-order chi connectivity index (χ1) is 23.3. The van der Waals surface area contributed by atoms with E-state index in [9.17, 15) is 0 Å². The highest BCUT2D eigenvalue weighted by Gasteiger charge is 2.35. The third-order valence-electron chi connectivity index (χ3n) is 7.89. The fourth-order valence-electron chi connectivity index (χ4n) is 5.77. The van der Waals surface area contributed by atoms with Crippen LogP contribution in [0.25, 0.3) is 21.5 Å². The molecule has 0 amide bonds. The molecular formula is C39H36I2O7. The number of phenols is 1. The molecule has 9 heteroatoms. The summed E-state index contributed by atoms with van der Waals surface area (Å²) in [4.78, 5) is 0. The maximum Gasteiger partial charge on any atom is 0.144 e. The lowest BCUT2D eigenvalue weighted by Crippen LogP contribution is -2.15. The number of methoxy groups -OCH3 is 5. The Labute approximate surface area is 308 Å². The van der Waals surface area contributed by atoms with Crippen LogP contribution in [-0.4, -0.2) is 47.8 Å². The topological polar surface area (TPSA) is 75.6 Å². The predicted octanol–water partition coefficient (Wildman–Crippen LogP) is 10.2. The van der Waals surface area contributed by atoms with E-state index in [2.05, 4.69) is 111 Å². The Bertz CT molecular complexity index is 2040. The molecule has 0 radical (unpaired) electrons. The van der Waals surface area contributed by atoms with Gasteiger partial charge in [-0.15, -0.1) is 0 Å². The number of hydrogen-bond donors (Lipinski definition) is 1. The molecule has 6 aromatic carbocycles. The van der Waals surface area contributed by atoms with Crippen LogP contribution < -0.4 is 23.7 Å². The smallest absolute Gasteiger partial charge is 0.144 e. The largest absolute Gasteiger partial charge is 0.508 e. The van der Waals surface area contributed by atoms with E-state index in [0.29, 0.717) is 0 Å². The maximum absolute atomic E-state index is 8.80. The summed E-state index contributed by atoms with van der Waals surface area (Å²) in [5, 5.41) is 13.2. The molecule has 7 nitrogen and oxygen atoms in total. The van der Waals surface area contributed by atoms with Crippen molar-refractivity contribution in [2.75, 3.05) is 42.7 Å². The van der Waals surface area contributed by atoms with Gasteiger partial charge < -0.3 is 33.5 Å². The van der Waals surface area contributed by atoms with E-state index in [1.165, 1.54) is 0 Å². The van der Waals surface area contributed by atoms with Crippen molar-refractivity contribution < 1.29 is 33.5 Å². The molecule has 1 heterocycles. The van der Waals surface area contributed by atoms with E-state index < -0.39 is 0 Å². The van der Waals surface area contributed by atoms with Gasteiger partial charge in [-0.2, -0.15) is 0 Å². The zero-order valence-corrected chi connectivity index (χ0v) is 31.8. The van der Waals surface area contributed by atoms with Gasteiger partial charge in [-0.25, -0.2) is 0 Å². The number of fused-ring (bicyclic) bond motifs is 5. The van der Waals surface area contributed by atoms with Gasteiger partial charge in [-0.3, -0.25) is 0 Å². The Hall–Kier alpha value is -3.94. The zero-order valence-electron chi connectivity index (χ0n) is 27.5. The van der Waals surface area contributed by atoms with E-state index in [4.69, 9.17) is 28.8 Å². The van der Waals surface area contributed by atoms with Crippen molar-refractivity contribution in [2.24, 2.45) is 0 Å². The highest BCUT2D eigenvalue weighted by molar-refractivity contribution is 14.1. The van der Waals surface area contributed by atoms with Crippen molar-refractivity contribution in [3.05, 3.63) is 121 Å². The number of rotatable bonds is 5. The van der Waals surface area contributed by atoms with Crippen LogP contribution in [0.15, 0.2) is 97.1 Å². The molecule has 7 rings (SSSR count). The molecule has 248 valence electrons. The van der Waals surface area contributed by atoms with Crippen LogP contribution in [0, 0.1) is 7.14 Å². The summed E-state index contributed by atoms with van der Waals surface area (Å²) >= 11 is 4.76. The Kier molecular flexibility index (Phi) is 11.8. The highest BCUT2D eigenvalue weighted by atomic mass is 127. The second-order valence-electron chi connectivity index (χ2n) is 10.8. The van der Waals surface area contributed by atoms with Crippen LogP contribution in [0.5, 0.6) is 40.2 Å². The zero-order chi connectivity index (χ0) is 34.4. The third kappa shape index (κ3) is 7.37. The minimum atomic E-state index is -0.131. The first kappa shape index (κ1) is 35.4. The van der Waals surface area contributed by atoms with Crippen LogP contribution in [-0.2, 0) is 4.74 Å². The quantitative estimate of drug-likeness (QED) is 0.173. The van der Waals surface area contributed by atoms with E-state index in [1.54, 1.807) is 66.9 Å². The summed E-state index contributed by atoms with van der Waals surface area (Å²) in [6.45, 7) is 0. The molecule has 1 atom stereocenters. The standard InChI is InChI=1S/C30H22I2O4.C7H8O2.C2H6O/c1-33-19-8-4-16-6-10-25(35-3)27(21(16)14-19)29-23-12-18(31)13-24(32)30(23)36-26-11-7-17-5-9-20(34-2)15-22(17)28(26)29;1-9-7-4-2-6(8)3-5-7;1-3-2/h4-15,29H,1-3H3;2-5,8H,1H3;1-2H3. The lowest BCUT2D eigenvalue weighted by Gasteiger charge is -2.32. The Morgan fingerprint density at radius 1 is 0.583 bits per heavy atom. The average molecular weight is 871 g/mol. The minimum absolute atomic E-state index is 0.131. The summed E-state index contributed by atoms with van der Waals surface area (Å²) < 4.78 is 35.2. The van der Waals surface area contributed by atoms with Crippen molar-refractivity contribution in [3.63, 3.8) is 0 Å². The Balaban J connectivity index is 0.000000320. The molecule has 0 spiro atoms. The molecule has 1 N–H and O–H groups in total. The summed E-state index contributed by atoms with van der Waals surface area (Å²) in [6.07, 6.45) is 0. The predicted molar refractivity (Wildman–Crippen MR) is 208 cm³/mol. The summed E-state index contributed by atoms with van der Waals surface area (Å²) in [5.41, 5.74) is 3.31. The third-order valence-corrected chi connectivity index (χ3v) is 9.31. The van der Waals surface area contributed by atoms with Gasteiger partial charge in [0.25, 0.3) is 0 Å². The lowest BCUT2D eigenvalue weighted by molar-refractivity contribution is 0.277. The molecule has 48 heavy (non-hydrogen) atoms. The molecule has 0 saturated heterocycles. The SMILES string of the molecule is COC.COc1ccc(O)cc1.COc1ccc2ccc(OC)c(C3c4cc(I)cc(I)c4Oc4ccc5ccc(OC)cc5c43)c2c1. The summed E-state index contributed by atoms with van der Waals surface area (Å²) in [5.74, 6) is 5.06. The van der Waals surface area contributed by atoms with Gasteiger partial charge >= 0.3 is 0 Å². The van der Waals surface area contributed by atoms with Crippen LogP contribution >= 0.6 is 45.2 Å². The van der Waals surface area contributed by atoms with E-state index in [0.717, 1.165) is 79.9 Å². The molecule has 0 bridgehead atoms. The number of ether oxygens (including phenoxy) is 6.